The number of nitrogens with two attached hydrogens (primary N) is 1. The second kappa shape index (κ2) is 7.66. The summed E-state index contributed by atoms with van der Waals surface area (Å²) in [6.45, 7) is 1.84. The van der Waals surface area contributed by atoms with Gasteiger partial charge in [-0.2, -0.15) is 23.3 Å². The van der Waals surface area contributed by atoms with Gasteiger partial charge in [-0.1, -0.05) is 23.2 Å². The Hall–Kier alpha value is -2.39. The second-order valence-corrected chi connectivity index (χ2v) is 5.59. The van der Waals surface area contributed by atoms with Crippen LogP contribution < -0.4 is 11.2 Å². The van der Waals surface area contributed by atoms with Gasteiger partial charge in [0.15, 0.2) is 5.82 Å². The molecule has 0 atom stereocenters. The van der Waals surface area contributed by atoms with E-state index in [1.165, 1.54) is 6.21 Å². The van der Waals surface area contributed by atoms with Gasteiger partial charge in [0.1, 0.15) is 5.69 Å². The molecule has 0 bridgehead atoms. The van der Waals surface area contributed by atoms with Crippen LogP contribution in [-0.4, -0.2) is 22.1 Å². The van der Waals surface area contributed by atoms with E-state index in [0.717, 1.165) is 5.56 Å². The van der Waals surface area contributed by atoms with Gasteiger partial charge in [-0.25, -0.2) is 10.4 Å². The fraction of sp³-hybridized carbons (Fsp3) is 0.143. The van der Waals surface area contributed by atoms with Crippen molar-refractivity contribution in [3.05, 3.63) is 51.4 Å². The molecule has 0 aliphatic carbocycles. The van der Waals surface area contributed by atoms with Gasteiger partial charge in [-0.3, -0.25) is 4.98 Å². The van der Waals surface area contributed by atoms with E-state index < -0.39 is 11.7 Å². The van der Waals surface area contributed by atoms with Crippen molar-refractivity contribution >= 4 is 41.2 Å². The first-order valence-corrected chi connectivity index (χ1v) is 7.40. The van der Waals surface area contributed by atoms with E-state index in [1.807, 2.05) is 6.92 Å². The fourth-order valence-corrected chi connectivity index (χ4v) is 2.08. The van der Waals surface area contributed by atoms with Crippen LogP contribution in [0.5, 0.6) is 0 Å². The quantitative estimate of drug-likeness (QED) is 0.475. The number of nitrogens with one attached hydrogen (secondary N) is 1. The van der Waals surface area contributed by atoms with E-state index >= 15 is 0 Å². The van der Waals surface area contributed by atoms with E-state index in [2.05, 4.69) is 25.5 Å². The zero-order valence-electron chi connectivity index (χ0n) is 12.6. The summed E-state index contributed by atoms with van der Waals surface area (Å²) in [4.78, 5) is 11.3. The number of alkyl halides is 3. The number of pyridine rings is 2. The lowest BCUT2D eigenvalue weighted by molar-refractivity contribution is -0.137. The molecule has 0 saturated heterocycles. The molecule has 3 N–H and O–H groups in total. The van der Waals surface area contributed by atoms with Gasteiger partial charge >= 0.3 is 6.18 Å². The Morgan fingerprint density at radius 3 is 2.52 bits per heavy atom. The van der Waals surface area contributed by atoms with E-state index in [9.17, 15) is 13.2 Å². The van der Waals surface area contributed by atoms with Crippen LogP contribution in [0.1, 0.15) is 16.8 Å². The van der Waals surface area contributed by atoms with Gasteiger partial charge in [0.25, 0.3) is 0 Å². The number of aromatic nitrogens is 2. The first-order valence-electron chi connectivity index (χ1n) is 6.65. The van der Waals surface area contributed by atoms with E-state index in [1.54, 1.807) is 12.3 Å². The standard InChI is InChI=1S/C14H11Cl2F3N6/c1-7-2-9(15)11(21-4-7)6-23-25-13(20)24-12-10(16)3-8(5-22-12)14(17,18)19/h2-6H,1H3,(H3,20,22,24,25). The monoisotopic (exact) mass is 390 g/mol. The number of hydrogen-bond acceptors (Lipinski definition) is 4. The smallest absolute Gasteiger partial charge is 0.368 e. The highest BCUT2D eigenvalue weighted by atomic mass is 35.5. The maximum Gasteiger partial charge on any atom is 0.417 e. The number of aryl methyl sites for hydroxylation is 1. The van der Waals surface area contributed by atoms with Crippen molar-refractivity contribution in [3.63, 3.8) is 0 Å². The minimum absolute atomic E-state index is 0.179. The number of halogens is 5. The van der Waals surface area contributed by atoms with Crippen molar-refractivity contribution in [3.8, 4) is 0 Å². The summed E-state index contributed by atoms with van der Waals surface area (Å²) in [5.74, 6) is -0.407. The van der Waals surface area contributed by atoms with Crippen molar-refractivity contribution in [2.24, 2.45) is 15.8 Å². The second-order valence-electron chi connectivity index (χ2n) is 4.77. The van der Waals surface area contributed by atoms with Crippen molar-refractivity contribution in [1.29, 1.82) is 0 Å². The lowest BCUT2D eigenvalue weighted by atomic mass is 10.3. The van der Waals surface area contributed by atoms with Gasteiger partial charge in [0, 0.05) is 12.4 Å². The van der Waals surface area contributed by atoms with Gasteiger partial charge in [0.05, 0.1) is 21.8 Å². The van der Waals surface area contributed by atoms with Crippen LogP contribution in [-0.2, 0) is 6.18 Å². The molecule has 0 aliphatic rings. The van der Waals surface area contributed by atoms with Gasteiger partial charge in [-0.05, 0) is 24.6 Å². The molecule has 0 unspecified atom stereocenters. The Morgan fingerprint density at radius 2 is 1.92 bits per heavy atom. The summed E-state index contributed by atoms with van der Waals surface area (Å²) in [7, 11) is 0. The van der Waals surface area contributed by atoms with Crippen molar-refractivity contribution in [2.75, 3.05) is 0 Å². The Balaban J connectivity index is 2.10. The zero-order chi connectivity index (χ0) is 18.6. The van der Waals surface area contributed by atoms with Crippen molar-refractivity contribution < 1.29 is 13.2 Å². The molecule has 0 aromatic carbocycles. The first-order chi connectivity index (χ1) is 11.7. The SMILES string of the molecule is Cc1cnc(C=NNC(N)=Nc2ncc(C(F)(F)F)cc2Cl)c(Cl)c1. The number of rotatable bonds is 3. The Labute approximate surface area is 150 Å². The summed E-state index contributed by atoms with van der Waals surface area (Å²) in [5, 5.41) is 3.88. The topological polar surface area (TPSA) is 88.5 Å². The van der Waals surface area contributed by atoms with Crippen LogP contribution >= 0.6 is 23.2 Å². The van der Waals surface area contributed by atoms with Crippen LogP contribution in [0.15, 0.2) is 34.6 Å². The van der Waals surface area contributed by atoms with Crippen molar-refractivity contribution in [2.45, 2.75) is 13.1 Å². The Morgan fingerprint density at radius 1 is 1.20 bits per heavy atom. The molecule has 0 spiro atoms. The molecule has 132 valence electrons. The van der Waals surface area contributed by atoms with Crippen LogP contribution in [0.25, 0.3) is 0 Å². The van der Waals surface area contributed by atoms with E-state index in [-0.39, 0.29) is 16.8 Å². The van der Waals surface area contributed by atoms with Crippen LogP contribution in [0.3, 0.4) is 0 Å². The number of hydrogen-bond donors (Lipinski definition) is 2. The Kier molecular flexibility index (Phi) is 5.81. The third-order valence-corrected chi connectivity index (χ3v) is 3.33. The number of hydrazone groups is 1. The highest BCUT2D eigenvalue weighted by molar-refractivity contribution is 6.33. The third kappa shape index (κ3) is 5.30. The summed E-state index contributed by atoms with van der Waals surface area (Å²) >= 11 is 11.7. The Bertz CT molecular complexity index is 836. The molecule has 11 heteroatoms. The molecule has 0 radical (unpaired) electrons. The average molecular weight is 391 g/mol. The maximum absolute atomic E-state index is 12.5. The summed E-state index contributed by atoms with van der Waals surface area (Å²) in [6.07, 6.45) is -1.02. The largest absolute Gasteiger partial charge is 0.417 e. The number of guanidine groups is 1. The lowest BCUT2D eigenvalue weighted by Crippen LogP contribution is -2.27. The average Bonchev–Trinajstić information content (AvgIpc) is 2.50. The molecular formula is C14H11Cl2F3N6. The van der Waals surface area contributed by atoms with Gasteiger partial charge in [0.2, 0.25) is 5.96 Å². The molecule has 6 nitrogen and oxygen atoms in total. The fourth-order valence-electron chi connectivity index (χ4n) is 1.61. The molecule has 2 aromatic rings. The molecule has 25 heavy (non-hydrogen) atoms. The molecule has 0 saturated carbocycles. The lowest BCUT2D eigenvalue weighted by Gasteiger charge is -2.07. The normalized spacial score (nSPS) is 12.6. The molecule has 0 amide bonds. The number of nitrogens with zero attached hydrogens (tertiary/aromatic N) is 4. The first kappa shape index (κ1) is 18.9. The van der Waals surface area contributed by atoms with Crippen LogP contribution in [0.4, 0.5) is 19.0 Å². The molecule has 2 aromatic heterocycles. The minimum atomic E-state index is -4.55. The minimum Gasteiger partial charge on any atom is -0.368 e. The molecule has 2 rings (SSSR count). The number of aliphatic imine (C=N–C) groups is 1. The molecule has 0 fully saturated rings. The summed E-state index contributed by atoms with van der Waals surface area (Å²) < 4.78 is 37.6. The van der Waals surface area contributed by atoms with Crippen LogP contribution in [0.2, 0.25) is 10.0 Å². The third-order valence-electron chi connectivity index (χ3n) is 2.75. The molecule has 2 heterocycles. The van der Waals surface area contributed by atoms with Crippen molar-refractivity contribution in [1.82, 2.24) is 15.4 Å². The van der Waals surface area contributed by atoms with E-state index in [4.69, 9.17) is 28.9 Å². The van der Waals surface area contributed by atoms with E-state index in [0.29, 0.717) is 23.0 Å². The highest BCUT2D eigenvalue weighted by Gasteiger charge is 2.31. The maximum atomic E-state index is 12.5. The van der Waals surface area contributed by atoms with Gasteiger partial charge < -0.3 is 5.73 Å². The summed E-state index contributed by atoms with van der Waals surface area (Å²) in [6, 6.07) is 2.42. The molecular weight excluding hydrogens is 380 g/mol. The van der Waals surface area contributed by atoms with Crippen LogP contribution in [0, 0.1) is 6.92 Å². The molecule has 0 aliphatic heterocycles. The highest BCUT2D eigenvalue weighted by Crippen LogP contribution is 2.33. The predicted molar refractivity (Wildman–Crippen MR) is 90.2 cm³/mol. The predicted octanol–water partition coefficient (Wildman–Crippen LogP) is 3.68. The van der Waals surface area contributed by atoms with Gasteiger partial charge in [-0.15, -0.1) is 0 Å². The zero-order valence-corrected chi connectivity index (χ0v) is 14.2. The summed E-state index contributed by atoms with van der Waals surface area (Å²) in [5.41, 5.74) is 8.25.